The number of nitrogens with zero attached hydrogens (tertiary/aromatic N) is 2. The number of benzene rings is 1. The van der Waals surface area contributed by atoms with Crippen LogP contribution in [0.5, 0.6) is 0 Å². The van der Waals surface area contributed by atoms with Gasteiger partial charge in [-0.15, -0.1) is 0 Å². The van der Waals surface area contributed by atoms with Crippen LogP contribution < -0.4 is 5.49 Å². The van der Waals surface area contributed by atoms with E-state index in [0.29, 0.717) is 11.0 Å². The molecule has 0 saturated heterocycles. The van der Waals surface area contributed by atoms with Gasteiger partial charge < -0.3 is 4.98 Å². The van der Waals surface area contributed by atoms with Crippen LogP contribution in [-0.2, 0) is 0 Å². The molecule has 0 aliphatic heterocycles. The SMILES string of the molecule is [2H]c1nc(=N)c2nc(-c3ccccc3)ccc2[nH]1. The minimum atomic E-state index is -0.0261. The van der Waals surface area contributed by atoms with E-state index in [1.807, 2.05) is 42.5 Å². The second-order valence-electron chi connectivity index (χ2n) is 3.66. The smallest absolute Gasteiger partial charge is 0.174 e. The Hall–Kier alpha value is -2.49. The maximum atomic E-state index is 7.75. The molecule has 82 valence electrons. The van der Waals surface area contributed by atoms with Gasteiger partial charge in [0.2, 0.25) is 0 Å². The predicted molar refractivity (Wildman–Crippen MR) is 65.2 cm³/mol. The van der Waals surface area contributed by atoms with Crippen molar-refractivity contribution in [2.45, 2.75) is 0 Å². The second kappa shape index (κ2) is 3.83. The molecular formula is C13H10N4. The molecule has 1 aromatic carbocycles. The highest BCUT2D eigenvalue weighted by Crippen LogP contribution is 2.17. The fourth-order valence-corrected chi connectivity index (χ4v) is 1.71. The van der Waals surface area contributed by atoms with Crippen LogP contribution in [0.3, 0.4) is 0 Å². The molecule has 2 aromatic heterocycles. The summed E-state index contributed by atoms with van der Waals surface area (Å²) < 4.78 is 7.42. The van der Waals surface area contributed by atoms with Gasteiger partial charge in [-0.3, -0.25) is 5.41 Å². The zero-order valence-corrected chi connectivity index (χ0v) is 8.94. The van der Waals surface area contributed by atoms with Gasteiger partial charge >= 0.3 is 0 Å². The van der Waals surface area contributed by atoms with Gasteiger partial charge in [0.1, 0.15) is 6.89 Å². The lowest BCUT2D eigenvalue weighted by atomic mass is 10.1. The Balaban J connectivity index is 2.27. The summed E-state index contributed by atoms with van der Waals surface area (Å²) in [4.78, 5) is 11.0. The fourth-order valence-electron chi connectivity index (χ4n) is 1.71. The Kier molecular flexibility index (Phi) is 1.94. The molecule has 0 amide bonds. The quantitative estimate of drug-likeness (QED) is 0.663. The summed E-state index contributed by atoms with van der Waals surface area (Å²) in [6.45, 7) is 0. The minimum absolute atomic E-state index is 0.0199. The van der Waals surface area contributed by atoms with Crippen LogP contribution in [0.2, 0.25) is 0 Å². The molecule has 0 bridgehead atoms. The van der Waals surface area contributed by atoms with E-state index in [4.69, 9.17) is 6.78 Å². The van der Waals surface area contributed by atoms with Gasteiger partial charge in [-0.05, 0) is 12.1 Å². The molecule has 3 aromatic rings. The molecule has 3 rings (SSSR count). The highest BCUT2D eigenvalue weighted by molar-refractivity contribution is 5.76. The molecule has 0 saturated carbocycles. The van der Waals surface area contributed by atoms with Gasteiger partial charge in [0, 0.05) is 5.56 Å². The summed E-state index contributed by atoms with van der Waals surface area (Å²) in [5.41, 5.74) is 2.94. The van der Waals surface area contributed by atoms with E-state index in [2.05, 4.69) is 15.0 Å². The molecule has 0 spiro atoms. The first-order valence-electron chi connectivity index (χ1n) is 5.72. The van der Waals surface area contributed by atoms with Crippen molar-refractivity contribution in [3.63, 3.8) is 0 Å². The lowest BCUT2D eigenvalue weighted by Gasteiger charge is -2.02. The van der Waals surface area contributed by atoms with E-state index >= 15 is 0 Å². The first-order chi connectivity index (χ1) is 8.74. The average Bonchev–Trinajstić information content (AvgIpc) is 2.39. The second-order valence-corrected chi connectivity index (χ2v) is 3.66. The fraction of sp³-hybridized carbons (Fsp3) is 0. The Morgan fingerprint density at radius 2 is 1.94 bits per heavy atom. The van der Waals surface area contributed by atoms with Crippen LogP contribution >= 0.6 is 0 Å². The van der Waals surface area contributed by atoms with Crippen molar-refractivity contribution < 1.29 is 1.37 Å². The number of rotatable bonds is 1. The number of H-pyrrole nitrogens is 1. The average molecular weight is 223 g/mol. The molecule has 4 nitrogen and oxygen atoms in total. The summed E-state index contributed by atoms with van der Waals surface area (Å²) in [5.74, 6) is 0. The van der Waals surface area contributed by atoms with Crippen molar-refractivity contribution >= 4 is 11.0 Å². The lowest BCUT2D eigenvalue weighted by Crippen LogP contribution is -2.08. The minimum Gasteiger partial charge on any atom is -0.344 e. The molecule has 0 atom stereocenters. The third kappa shape index (κ3) is 1.69. The van der Waals surface area contributed by atoms with Gasteiger partial charge in [0.05, 0.1) is 17.5 Å². The Labute approximate surface area is 98.9 Å². The zero-order chi connectivity index (χ0) is 12.5. The number of aromatic nitrogens is 3. The third-order valence-corrected chi connectivity index (χ3v) is 2.55. The van der Waals surface area contributed by atoms with Gasteiger partial charge in [0.25, 0.3) is 0 Å². The maximum Gasteiger partial charge on any atom is 0.174 e. The van der Waals surface area contributed by atoms with Crippen molar-refractivity contribution in [1.29, 1.82) is 5.41 Å². The van der Waals surface area contributed by atoms with Crippen LogP contribution in [0.15, 0.2) is 48.8 Å². The van der Waals surface area contributed by atoms with Gasteiger partial charge in [-0.2, -0.15) is 0 Å². The van der Waals surface area contributed by atoms with Crippen LogP contribution in [0.1, 0.15) is 1.37 Å². The van der Waals surface area contributed by atoms with Crippen LogP contribution in [-0.4, -0.2) is 15.0 Å². The third-order valence-electron chi connectivity index (χ3n) is 2.55. The van der Waals surface area contributed by atoms with E-state index in [9.17, 15) is 0 Å². The first kappa shape index (κ1) is 8.64. The molecule has 2 N–H and O–H groups in total. The summed E-state index contributed by atoms with van der Waals surface area (Å²) >= 11 is 0. The summed E-state index contributed by atoms with van der Waals surface area (Å²) in [7, 11) is 0. The van der Waals surface area contributed by atoms with Crippen LogP contribution in [0.4, 0.5) is 0 Å². The number of hydrogen-bond donors (Lipinski definition) is 2. The van der Waals surface area contributed by atoms with Gasteiger partial charge in [-0.25, -0.2) is 9.97 Å². The van der Waals surface area contributed by atoms with Crippen LogP contribution in [0, 0.1) is 5.41 Å². The molecule has 0 fully saturated rings. The molecule has 2 heterocycles. The van der Waals surface area contributed by atoms with Crippen molar-refractivity contribution in [3.8, 4) is 11.3 Å². The molecule has 0 unspecified atom stereocenters. The summed E-state index contributed by atoms with van der Waals surface area (Å²) in [6, 6.07) is 13.5. The topological polar surface area (TPSA) is 65.4 Å². The summed E-state index contributed by atoms with van der Waals surface area (Å²) in [5, 5.41) is 7.75. The van der Waals surface area contributed by atoms with Gasteiger partial charge in [0.15, 0.2) is 5.49 Å². The lowest BCUT2D eigenvalue weighted by molar-refractivity contribution is 1.06. The van der Waals surface area contributed by atoms with Crippen molar-refractivity contribution in [1.82, 2.24) is 15.0 Å². The largest absolute Gasteiger partial charge is 0.344 e. The Bertz CT molecular complexity index is 765. The van der Waals surface area contributed by atoms with Crippen molar-refractivity contribution in [2.75, 3.05) is 0 Å². The van der Waals surface area contributed by atoms with E-state index in [0.717, 1.165) is 11.3 Å². The summed E-state index contributed by atoms with van der Waals surface area (Å²) in [6.07, 6.45) is -0.0261. The molecule has 0 radical (unpaired) electrons. The number of aromatic amines is 1. The van der Waals surface area contributed by atoms with Crippen molar-refractivity contribution in [2.24, 2.45) is 0 Å². The van der Waals surface area contributed by atoms with E-state index in [1.165, 1.54) is 0 Å². The molecule has 0 aliphatic rings. The Morgan fingerprint density at radius 3 is 2.76 bits per heavy atom. The number of nitrogens with one attached hydrogen (secondary N) is 2. The monoisotopic (exact) mass is 223 g/mol. The molecule has 17 heavy (non-hydrogen) atoms. The standard InChI is InChI=1S/C13H10N4/c14-13-12-11(15-8-16-13)7-6-10(17-12)9-4-2-1-3-5-9/h1-8H,(H2,14,15,16)/i8D. The highest BCUT2D eigenvalue weighted by Gasteiger charge is 2.02. The molecule has 4 heteroatoms. The number of fused-ring (bicyclic) bond motifs is 1. The highest BCUT2D eigenvalue weighted by atomic mass is 14.9. The number of pyridine rings is 1. The van der Waals surface area contributed by atoms with Gasteiger partial charge in [-0.1, -0.05) is 30.3 Å². The molecule has 0 aliphatic carbocycles. The predicted octanol–water partition coefficient (Wildman–Crippen LogP) is 2.10. The van der Waals surface area contributed by atoms with E-state index in [1.54, 1.807) is 0 Å². The first-order valence-corrected chi connectivity index (χ1v) is 5.22. The normalized spacial score (nSPS) is 11.4. The van der Waals surface area contributed by atoms with E-state index < -0.39 is 0 Å². The zero-order valence-electron chi connectivity index (χ0n) is 9.94. The Morgan fingerprint density at radius 1 is 1.12 bits per heavy atom. The maximum absolute atomic E-state index is 7.75. The number of hydrogen-bond acceptors (Lipinski definition) is 3. The van der Waals surface area contributed by atoms with E-state index in [-0.39, 0.29) is 11.8 Å². The van der Waals surface area contributed by atoms with Crippen molar-refractivity contribution in [3.05, 3.63) is 54.3 Å². The van der Waals surface area contributed by atoms with Crippen LogP contribution in [0.25, 0.3) is 22.3 Å². The molecular weight excluding hydrogens is 212 g/mol.